The SMILES string of the molecule is COc1ccc(CNC(=O)[C@H](CCSC)NC(=O)N2CC(=O)Nc3ccccc32)cc1. The Balaban J connectivity index is 1.66. The van der Waals surface area contributed by atoms with Gasteiger partial charge >= 0.3 is 6.03 Å². The van der Waals surface area contributed by atoms with E-state index in [-0.39, 0.29) is 18.4 Å². The number of nitrogens with one attached hydrogen (secondary N) is 3. The third-order valence-corrected chi connectivity index (χ3v) is 5.51. The van der Waals surface area contributed by atoms with E-state index in [9.17, 15) is 14.4 Å². The van der Waals surface area contributed by atoms with Crippen LogP contribution in [0.1, 0.15) is 12.0 Å². The first-order valence-electron chi connectivity index (χ1n) is 9.88. The Kier molecular flexibility index (Phi) is 7.77. The van der Waals surface area contributed by atoms with E-state index in [2.05, 4.69) is 16.0 Å². The Morgan fingerprint density at radius 1 is 1.19 bits per heavy atom. The maximum absolute atomic E-state index is 13.0. The molecule has 0 aliphatic carbocycles. The molecule has 0 radical (unpaired) electrons. The maximum atomic E-state index is 13.0. The highest BCUT2D eigenvalue weighted by Gasteiger charge is 2.29. The van der Waals surface area contributed by atoms with Crippen LogP contribution >= 0.6 is 11.8 Å². The predicted molar refractivity (Wildman–Crippen MR) is 123 cm³/mol. The van der Waals surface area contributed by atoms with Gasteiger partial charge < -0.3 is 20.7 Å². The van der Waals surface area contributed by atoms with Gasteiger partial charge in [-0.3, -0.25) is 14.5 Å². The minimum atomic E-state index is -0.713. The van der Waals surface area contributed by atoms with Crippen LogP contribution < -0.4 is 25.6 Å². The number of nitrogens with zero attached hydrogens (tertiary/aromatic N) is 1. The van der Waals surface area contributed by atoms with E-state index in [0.29, 0.717) is 30.1 Å². The smallest absolute Gasteiger partial charge is 0.323 e. The number of urea groups is 1. The van der Waals surface area contributed by atoms with Gasteiger partial charge in [-0.1, -0.05) is 24.3 Å². The van der Waals surface area contributed by atoms with Crippen molar-refractivity contribution in [1.29, 1.82) is 0 Å². The molecule has 0 spiro atoms. The highest BCUT2D eigenvalue weighted by Crippen LogP contribution is 2.28. The number of fused-ring (bicyclic) bond motifs is 1. The predicted octanol–water partition coefficient (Wildman–Crippen LogP) is 2.60. The molecule has 2 aromatic carbocycles. The van der Waals surface area contributed by atoms with Crippen LogP contribution in [-0.4, -0.2) is 49.6 Å². The van der Waals surface area contributed by atoms with E-state index >= 15 is 0 Å². The second-order valence-corrected chi connectivity index (χ2v) is 7.99. The molecule has 8 nitrogen and oxygen atoms in total. The molecule has 0 bridgehead atoms. The highest BCUT2D eigenvalue weighted by molar-refractivity contribution is 7.98. The van der Waals surface area contributed by atoms with E-state index in [1.807, 2.05) is 30.5 Å². The molecule has 3 N–H and O–H groups in total. The molecule has 31 heavy (non-hydrogen) atoms. The van der Waals surface area contributed by atoms with E-state index in [1.54, 1.807) is 43.1 Å². The largest absolute Gasteiger partial charge is 0.497 e. The number of para-hydroxylation sites is 2. The van der Waals surface area contributed by atoms with E-state index in [0.717, 1.165) is 11.3 Å². The molecule has 0 saturated heterocycles. The number of hydrogen-bond acceptors (Lipinski definition) is 5. The van der Waals surface area contributed by atoms with E-state index in [1.165, 1.54) is 4.90 Å². The molecule has 2 aromatic rings. The van der Waals surface area contributed by atoms with Gasteiger partial charge in [0.2, 0.25) is 11.8 Å². The van der Waals surface area contributed by atoms with Crippen LogP contribution in [0.2, 0.25) is 0 Å². The van der Waals surface area contributed by atoms with Gasteiger partial charge in [0, 0.05) is 6.54 Å². The number of methoxy groups -OCH3 is 1. The lowest BCUT2D eigenvalue weighted by Crippen LogP contribution is -2.54. The van der Waals surface area contributed by atoms with Crippen molar-refractivity contribution in [2.24, 2.45) is 0 Å². The van der Waals surface area contributed by atoms with Crippen LogP contribution in [0, 0.1) is 0 Å². The fourth-order valence-corrected chi connectivity index (χ4v) is 3.67. The second-order valence-electron chi connectivity index (χ2n) is 7.00. The van der Waals surface area contributed by atoms with Crippen molar-refractivity contribution >= 4 is 41.0 Å². The van der Waals surface area contributed by atoms with Crippen molar-refractivity contribution in [3.05, 3.63) is 54.1 Å². The summed E-state index contributed by atoms with van der Waals surface area (Å²) < 4.78 is 5.14. The zero-order valence-electron chi connectivity index (χ0n) is 17.5. The van der Waals surface area contributed by atoms with E-state index in [4.69, 9.17) is 4.74 Å². The highest BCUT2D eigenvalue weighted by atomic mass is 32.2. The molecule has 0 saturated carbocycles. The maximum Gasteiger partial charge on any atom is 0.323 e. The molecule has 1 atom stereocenters. The van der Waals surface area contributed by atoms with Crippen molar-refractivity contribution < 1.29 is 19.1 Å². The molecule has 4 amide bonds. The average Bonchev–Trinajstić information content (AvgIpc) is 2.79. The summed E-state index contributed by atoms with van der Waals surface area (Å²) in [5, 5.41) is 8.43. The first-order chi connectivity index (χ1) is 15.0. The summed E-state index contributed by atoms with van der Waals surface area (Å²) in [4.78, 5) is 39.2. The number of thioether (sulfide) groups is 1. The van der Waals surface area contributed by atoms with Crippen molar-refractivity contribution in [2.75, 3.05) is 35.9 Å². The summed E-state index contributed by atoms with van der Waals surface area (Å²) in [6, 6.07) is 13.3. The topological polar surface area (TPSA) is 99.8 Å². The lowest BCUT2D eigenvalue weighted by molar-refractivity contribution is -0.123. The molecule has 9 heteroatoms. The van der Waals surface area contributed by atoms with Gasteiger partial charge in [0.1, 0.15) is 18.3 Å². The number of carbonyl (C=O) groups excluding carboxylic acids is 3. The number of rotatable bonds is 8. The van der Waals surface area contributed by atoms with Gasteiger partial charge in [-0.2, -0.15) is 11.8 Å². The van der Waals surface area contributed by atoms with Crippen molar-refractivity contribution in [1.82, 2.24) is 10.6 Å². The number of benzene rings is 2. The Morgan fingerprint density at radius 3 is 2.65 bits per heavy atom. The molecule has 0 aromatic heterocycles. The monoisotopic (exact) mass is 442 g/mol. The van der Waals surface area contributed by atoms with Gasteiger partial charge in [-0.25, -0.2) is 4.79 Å². The number of carbonyl (C=O) groups is 3. The Bertz CT molecular complexity index is 935. The molecule has 1 aliphatic heterocycles. The minimum absolute atomic E-state index is 0.106. The first-order valence-corrected chi connectivity index (χ1v) is 11.3. The molecule has 1 heterocycles. The molecule has 3 rings (SSSR count). The number of amides is 4. The number of hydrogen-bond donors (Lipinski definition) is 3. The lowest BCUT2D eigenvalue weighted by atomic mass is 10.1. The average molecular weight is 443 g/mol. The van der Waals surface area contributed by atoms with Gasteiger partial charge in [0.15, 0.2) is 0 Å². The van der Waals surface area contributed by atoms with Crippen LogP contribution in [-0.2, 0) is 16.1 Å². The normalized spacial score (nSPS) is 13.6. The number of anilines is 2. The van der Waals surface area contributed by atoms with Gasteiger partial charge in [-0.05, 0) is 48.3 Å². The lowest BCUT2D eigenvalue weighted by Gasteiger charge is -2.30. The fourth-order valence-electron chi connectivity index (χ4n) is 3.20. The fraction of sp³-hybridized carbons (Fsp3) is 0.318. The molecular weight excluding hydrogens is 416 g/mol. The summed E-state index contributed by atoms with van der Waals surface area (Å²) >= 11 is 1.59. The minimum Gasteiger partial charge on any atom is -0.497 e. The number of ether oxygens (including phenoxy) is 1. The van der Waals surface area contributed by atoms with Crippen LogP contribution in [0.4, 0.5) is 16.2 Å². The standard InChI is InChI=1S/C22H26N4O4S/c1-30-16-9-7-15(8-10-16)13-23-21(28)18(11-12-31-2)25-22(29)26-14-20(27)24-17-5-3-4-6-19(17)26/h3-10,18H,11-14H2,1-2H3,(H,23,28)(H,24,27)(H,25,29)/t18-/m0/s1. The van der Waals surface area contributed by atoms with Gasteiger partial charge in [-0.15, -0.1) is 0 Å². The summed E-state index contributed by atoms with van der Waals surface area (Å²) in [5.74, 6) is 0.898. The Labute approximate surface area is 185 Å². The zero-order chi connectivity index (χ0) is 22.2. The zero-order valence-corrected chi connectivity index (χ0v) is 18.3. The van der Waals surface area contributed by atoms with Crippen molar-refractivity contribution in [3.8, 4) is 5.75 Å². The second kappa shape index (κ2) is 10.7. The summed E-state index contributed by atoms with van der Waals surface area (Å²) in [5.41, 5.74) is 2.09. The molecular formula is C22H26N4O4S. The van der Waals surface area contributed by atoms with E-state index < -0.39 is 12.1 Å². The van der Waals surface area contributed by atoms with Crippen molar-refractivity contribution in [3.63, 3.8) is 0 Å². The molecule has 0 unspecified atom stereocenters. The molecule has 164 valence electrons. The van der Waals surface area contributed by atoms with Crippen LogP contribution in [0.15, 0.2) is 48.5 Å². The summed E-state index contributed by atoms with van der Waals surface area (Å²) in [7, 11) is 1.60. The molecule has 1 aliphatic rings. The molecule has 0 fully saturated rings. The van der Waals surface area contributed by atoms with Crippen LogP contribution in [0.5, 0.6) is 5.75 Å². The Morgan fingerprint density at radius 2 is 1.94 bits per heavy atom. The third-order valence-electron chi connectivity index (χ3n) is 4.87. The van der Waals surface area contributed by atoms with Crippen LogP contribution in [0.25, 0.3) is 0 Å². The summed E-state index contributed by atoms with van der Waals surface area (Å²) in [6.07, 6.45) is 2.42. The van der Waals surface area contributed by atoms with Crippen LogP contribution in [0.3, 0.4) is 0 Å². The quantitative estimate of drug-likeness (QED) is 0.584. The summed E-state index contributed by atoms with van der Waals surface area (Å²) in [6.45, 7) is 0.231. The third kappa shape index (κ3) is 5.91. The van der Waals surface area contributed by atoms with Gasteiger partial charge in [0.25, 0.3) is 0 Å². The van der Waals surface area contributed by atoms with Crippen molar-refractivity contribution in [2.45, 2.75) is 19.0 Å². The first kappa shape index (κ1) is 22.5. The van der Waals surface area contributed by atoms with Gasteiger partial charge in [0.05, 0.1) is 18.5 Å². The Hall–Kier alpha value is -3.20.